The Morgan fingerprint density at radius 2 is 2.08 bits per heavy atom. The highest BCUT2D eigenvalue weighted by Crippen LogP contribution is 2.34. The molecular weight excluding hydrogens is 328 g/mol. The third kappa shape index (κ3) is 3.43. The van der Waals surface area contributed by atoms with Crippen molar-refractivity contribution in [3.8, 4) is 0 Å². The van der Waals surface area contributed by atoms with Gasteiger partial charge in [-0.25, -0.2) is 0 Å². The summed E-state index contributed by atoms with van der Waals surface area (Å²) in [6.07, 6.45) is 1.18. The van der Waals surface area contributed by atoms with Gasteiger partial charge in [0.1, 0.15) is 0 Å². The van der Waals surface area contributed by atoms with Crippen LogP contribution in [0.4, 0.5) is 0 Å². The zero-order valence-corrected chi connectivity index (χ0v) is 14.1. The summed E-state index contributed by atoms with van der Waals surface area (Å²) in [6.45, 7) is 0.537. The van der Waals surface area contributed by atoms with Crippen molar-refractivity contribution in [3.05, 3.63) is 41.7 Å². The Labute approximate surface area is 143 Å². The van der Waals surface area contributed by atoms with Gasteiger partial charge in [0, 0.05) is 20.0 Å². The molecular formula is C16H18N4O3S. The quantitative estimate of drug-likeness (QED) is 0.803. The summed E-state index contributed by atoms with van der Waals surface area (Å²) in [5.74, 6) is -0.161. The van der Waals surface area contributed by atoms with Crippen LogP contribution in [0.15, 0.2) is 35.5 Å². The number of benzene rings is 1. The number of amides is 1. The van der Waals surface area contributed by atoms with Crippen LogP contribution < -0.4 is 0 Å². The number of carbonyl (C=O) groups is 2. The summed E-state index contributed by atoms with van der Waals surface area (Å²) in [5, 5.41) is 17.6. The number of hydrogen-bond acceptors (Lipinski definition) is 5. The maximum Gasteiger partial charge on any atom is 0.313 e. The lowest BCUT2D eigenvalue weighted by Crippen LogP contribution is -2.28. The van der Waals surface area contributed by atoms with E-state index in [2.05, 4.69) is 10.2 Å². The monoisotopic (exact) mass is 346 g/mol. The zero-order chi connectivity index (χ0) is 17.1. The highest BCUT2D eigenvalue weighted by atomic mass is 32.2. The molecule has 1 N–H and O–H groups in total. The third-order valence-electron chi connectivity index (χ3n) is 4.02. The summed E-state index contributed by atoms with van der Waals surface area (Å²) in [7, 11) is 1.81. The fraction of sp³-hybridized carbons (Fsp3) is 0.375. The predicted octanol–water partition coefficient (Wildman–Crippen LogP) is 1.86. The fourth-order valence-corrected chi connectivity index (χ4v) is 3.49. The molecule has 7 nitrogen and oxygen atoms in total. The van der Waals surface area contributed by atoms with Crippen LogP contribution in [0.1, 0.15) is 30.3 Å². The van der Waals surface area contributed by atoms with Crippen LogP contribution in [0.25, 0.3) is 0 Å². The molecule has 8 heteroatoms. The molecule has 0 radical (unpaired) electrons. The molecule has 0 spiro atoms. The number of aliphatic carboxylic acids is 1. The number of hydrogen-bond donors (Lipinski definition) is 1. The van der Waals surface area contributed by atoms with Gasteiger partial charge >= 0.3 is 5.97 Å². The van der Waals surface area contributed by atoms with Gasteiger partial charge in [0.2, 0.25) is 5.91 Å². The molecule has 24 heavy (non-hydrogen) atoms. The van der Waals surface area contributed by atoms with Gasteiger partial charge in [-0.1, -0.05) is 42.1 Å². The zero-order valence-electron chi connectivity index (χ0n) is 13.3. The van der Waals surface area contributed by atoms with E-state index in [9.17, 15) is 9.59 Å². The van der Waals surface area contributed by atoms with Crippen LogP contribution >= 0.6 is 11.8 Å². The van der Waals surface area contributed by atoms with E-state index in [1.165, 1.54) is 0 Å². The molecule has 1 aromatic heterocycles. The maximum atomic E-state index is 12.3. The lowest BCUT2D eigenvalue weighted by atomic mass is 10.1. The molecule has 1 fully saturated rings. The molecule has 0 aliphatic carbocycles. The second-order valence-corrected chi connectivity index (χ2v) is 6.59. The van der Waals surface area contributed by atoms with Crippen LogP contribution in [0.5, 0.6) is 0 Å². The van der Waals surface area contributed by atoms with E-state index >= 15 is 0 Å². The molecule has 0 saturated carbocycles. The van der Waals surface area contributed by atoms with E-state index in [-0.39, 0.29) is 17.7 Å². The van der Waals surface area contributed by atoms with Gasteiger partial charge in [-0.3, -0.25) is 9.59 Å². The second kappa shape index (κ2) is 7.04. The first kappa shape index (κ1) is 16.5. The first-order valence-corrected chi connectivity index (χ1v) is 8.62. The largest absolute Gasteiger partial charge is 0.481 e. The van der Waals surface area contributed by atoms with E-state index in [0.717, 1.165) is 17.3 Å². The number of carboxylic acids is 1. The smallest absolute Gasteiger partial charge is 0.313 e. The van der Waals surface area contributed by atoms with Gasteiger partial charge in [0.15, 0.2) is 11.0 Å². The summed E-state index contributed by atoms with van der Waals surface area (Å²) in [6, 6.07) is 9.71. The molecule has 1 aliphatic heterocycles. The van der Waals surface area contributed by atoms with E-state index < -0.39 is 5.97 Å². The van der Waals surface area contributed by atoms with Crippen molar-refractivity contribution in [2.75, 3.05) is 5.75 Å². The minimum Gasteiger partial charge on any atom is -0.481 e. The number of likely N-dealkylation sites (tertiary alicyclic amines) is 1. The SMILES string of the molecule is Cn1c(SCC(=O)O)nnc1[C@H]1CCC(=O)N1Cc1ccccc1. The van der Waals surface area contributed by atoms with Gasteiger partial charge in [-0.15, -0.1) is 10.2 Å². The highest BCUT2D eigenvalue weighted by molar-refractivity contribution is 7.99. The second-order valence-electron chi connectivity index (χ2n) is 5.64. The molecule has 1 saturated heterocycles. The first-order valence-electron chi connectivity index (χ1n) is 7.63. The Balaban J connectivity index is 1.80. The van der Waals surface area contributed by atoms with E-state index in [4.69, 9.17) is 5.11 Å². The number of rotatable bonds is 6. The normalized spacial score (nSPS) is 17.5. The number of carboxylic acid groups (broad SMARTS) is 1. The van der Waals surface area contributed by atoms with Crippen LogP contribution in [-0.4, -0.2) is 42.4 Å². The Kier molecular flexibility index (Phi) is 4.84. The van der Waals surface area contributed by atoms with Crippen molar-refractivity contribution in [2.45, 2.75) is 30.6 Å². The lowest BCUT2D eigenvalue weighted by Gasteiger charge is -2.24. The third-order valence-corrected chi connectivity index (χ3v) is 5.02. The molecule has 0 bridgehead atoms. The van der Waals surface area contributed by atoms with Crippen molar-refractivity contribution in [3.63, 3.8) is 0 Å². The van der Waals surface area contributed by atoms with Crippen LogP contribution in [0.2, 0.25) is 0 Å². The van der Waals surface area contributed by atoms with E-state index in [0.29, 0.717) is 30.4 Å². The molecule has 1 atom stereocenters. The highest BCUT2D eigenvalue weighted by Gasteiger charge is 2.35. The standard InChI is InChI=1S/C16H18N4O3S/c1-19-15(17-18-16(19)24-10-14(22)23)12-7-8-13(21)20(12)9-11-5-3-2-4-6-11/h2-6,12H,7-10H2,1H3,(H,22,23)/t12-/m1/s1. The van der Waals surface area contributed by atoms with Crippen LogP contribution in [0, 0.1) is 0 Å². The van der Waals surface area contributed by atoms with Crippen molar-refractivity contribution < 1.29 is 14.7 Å². The molecule has 3 rings (SSSR count). The van der Waals surface area contributed by atoms with Crippen molar-refractivity contribution >= 4 is 23.6 Å². The lowest BCUT2D eigenvalue weighted by molar-refractivity contribution is -0.134. The Hall–Kier alpha value is -2.35. The van der Waals surface area contributed by atoms with E-state index in [1.54, 1.807) is 4.57 Å². The number of aromatic nitrogens is 3. The molecule has 1 aromatic carbocycles. The topological polar surface area (TPSA) is 88.3 Å². The van der Waals surface area contributed by atoms with Gasteiger partial charge in [-0.2, -0.15) is 0 Å². The van der Waals surface area contributed by atoms with Crippen molar-refractivity contribution in [1.82, 2.24) is 19.7 Å². The Morgan fingerprint density at radius 3 is 2.79 bits per heavy atom. The predicted molar refractivity (Wildman–Crippen MR) is 88.3 cm³/mol. The summed E-state index contributed by atoms with van der Waals surface area (Å²) < 4.78 is 1.79. The Morgan fingerprint density at radius 1 is 1.33 bits per heavy atom. The number of nitrogens with zero attached hydrogens (tertiary/aromatic N) is 4. The van der Waals surface area contributed by atoms with E-state index in [1.807, 2.05) is 42.3 Å². The van der Waals surface area contributed by atoms with Gasteiger partial charge in [-0.05, 0) is 12.0 Å². The molecule has 2 heterocycles. The summed E-state index contributed by atoms with van der Waals surface area (Å²) >= 11 is 1.13. The summed E-state index contributed by atoms with van der Waals surface area (Å²) in [4.78, 5) is 24.8. The minimum absolute atomic E-state index is 0.0662. The molecule has 0 unspecified atom stereocenters. The summed E-state index contributed by atoms with van der Waals surface area (Å²) in [5.41, 5.74) is 1.07. The minimum atomic E-state index is -0.897. The van der Waals surface area contributed by atoms with Gasteiger partial charge in [0.05, 0.1) is 11.8 Å². The molecule has 126 valence electrons. The molecule has 1 aliphatic rings. The number of carbonyl (C=O) groups excluding carboxylic acids is 1. The van der Waals surface area contributed by atoms with Crippen molar-refractivity contribution in [2.24, 2.45) is 7.05 Å². The number of thioether (sulfide) groups is 1. The van der Waals surface area contributed by atoms with Crippen LogP contribution in [0.3, 0.4) is 0 Å². The van der Waals surface area contributed by atoms with Gasteiger partial charge in [0.25, 0.3) is 0 Å². The fourth-order valence-electron chi connectivity index (χ4n) is 2.85. The van der Waals surface area contributed by atoms with Crippen LogP contribution in [-0.2, 0) is 23.2 Å². The Bertz CT molecular complexity index is 747. The van der Waals surface area contributed by atoms with Crippen molar-refractivity contribution in [1.29, 1.82) is 0 Å². The molecule has 1 amide bonds. The average Bonchev–Trinajstić information content (AvgIpc) is 3.10. The first-order chi connectivity index (χ1) is 11.6. The maximum absolute atomic E-state index is 12.3. The van der Waals surface area contributed by atoms with Gasteiger partial charge < -0.3 is 14.6 Å². The average molecular weight is 346 g/mol. The molecule has 2 aromatic rings.